The van der Waals surface area contributed by atoms with E-state index in [-0.39, 0.29) is 24.3 Å². The highest BCUT2D eigenvalue weighted by Gasteiger charge is 2.79. The molecule has 3 aromatic rings. The maximum atomic E-state index is 15.0. The van der Waals surface area contributed by atoms with Gasteiger partial charge in [0.25, 0.3) is 5.91 Å². The van der Waals surface area contributed by atoms with Crippen LogP contribution in [-0.2, 0) is 19.1 Å². The molecule has 228 valence electrons. The number of aliphatic hydroxyl groups excluding tert-OH is 1. The Hall–Kier alpha value is -4.27. The first kappa shape index (κ1) is 29.8. The van der Waals surface area contributed by atoms with Crippen LogP contribution in [0.3, 0.4) is 0 Å². The van der Waals surface area contributed by atoms with E-state index < -0.39 is 41.7 Å². The molecule has 6 rings (SSSR count). The van der Waals surface area contributed by atoms with Gasteiger partial charge in [0.05, 0.1) is 30.1 Å². The van der Waals surface area contributed by atoms with Crippen molar-refractivity contribution in [3.63, 3.8) is 0 Å². The lowest BCUT2D eigenvalue weighted by Gasteiger charge is -2.39. The summed E-state index contributed by atoms with van der Waals surface area (Å²) in [6, 6.07) is 21.1. The second kappa shape index (κ2) is 11.3. The molecule has 8 heteroatoms. The lowest BCUT2D eigenvalue weighted by Crippen LogP contribution is -2.57. The zero-order chi connectivity index (χ0) is 31.2. The number of ether oxygens (including phenoxy) is 1. The number of carbonyl (C=O) groups is 3. The molecule has 2 unspecified atom stereocenters. The van der Waals surface area contributed by atoms with Crippen LogP contribution in [0.15, 0.2) is 98.1 Å². The third-order valence-electron chi connectivity index (χ3n) is 9.81. The third-order valence-corrected chi connectivity index (χ3v) is 9.81. The van der Waals surface area contributed by atoms with Crippen molar-refractivity contribution in [2.75, 3.05) is 31.6 Å². The smallest absolute Gasteiger partial charge is 0.253 e. The number of anilines is 1. The van der Waals surface area contributed by atoms with Crippen molar-refractivity contribution < 1.29 is 24.2 Å². The van der Waals surface area contributed by atoms with Gasteiger partial charge in [0.1, 0.15) is 11.6 Å². The van der Waals surface area contributed by atoms with Gasteiger partial charge in [-0.05, 0) is 48.2 Å². The number of carbonyl (C=O) groups excluding carboxylic acids is 3. The van der Waals surface area contributed by atoms with Crippen molar-refractivity contribution in [2.24, 2.45) is 11.8 Å². The predicted molar refractivity (Wildman–Crippen MR) is 170 cm³/mol. The Balaban J connectivity index is 1.50. The average Bonchev–Trinajstić information content (AvgIpc) is 3.61. The molecule has 0 saturated carbocycles. The van der Waals surface area contributed by atoms with Crippen LogP contribution >= 0.6 is 0 Å². The summed E-state index contributed by atoms with van der Waals surface area (Å²) in [5, 5.41) is 12.8. The Morgan fingerprint density at radius 3 is 2.36 bits per heavy atom. The summed E-state index contributed by atoms with van der Waals surface area (Å²) in [6.07, 6.45) is 4.27. The van der Waals surface area contributed by atoms with Crippen molar-refractivity contribution >= 4 is 34.2 Å². The van der Waals surface area contributed by atoms with Crippen molar-refractivity contribution in [3.8, 4) is 0 Å². The topological polar surface area (TPSA) is 90.4 Å². The summed E-state index contributed by atoms with van der Waals surface area (Å²) in [7, 11) is 1.69. The summed E-state index contributed by atoms with van der Waals surface area (Å²) in [4.78, 5) is 48.5. The number of rotatable bonds is 10. The minimum Gasteiger partial charge on any atom is -0.394 e. The van der Waals surface area contributed by atoms with Gasteiger partial charge in [-0.1, -0.05) is 72.8 Å². The Bertz CT molecular complexity index is 1620. The van der Waals surface area contributed by atoms with Crippen molar-refractivity contribution in [3.05, 3.63) is 104 Å². The fourth-order valence-electron chi connectivity index (χ4n) is 7.85. The SMILES string of the molecule is C=CCN(C)C(=O)[C@@H]1[C@H]2C(=O)N([C@H](CO)c3ccccc3)C(C(=O)N(CC=C)c3ccc4ccccc4c3)C23CC[C@@]1(C)O3. The molecule has 3 heterocycles. The summed E-state index contributed by atoms with van der Waals surface area (Å²) in [6.45, 7) is 9.70. The minimum atomic E-state index is -1.24. The molecule has 3 aromatic carbocycles. The number of aliphatic hydroxyl groups is 1. The van der Waals surface area contributed by atoms with E-state index in [1.807, 2.05) is 79.7 Å². The van der Waals surface area contributed by atoms with Gasteiger partial charge >= 0.3 is 0 Å². The van der Waals surface area contributed by atoms with E-state index in [1.165, 1.54) is 4.90 Å². The number of amides is 3. The molecule has 1 spiro atoms. The molecule has 3 aliphatic heterocycles. The van der Waals surface area contributed by atoms with E-state index in [2.05, 4.69) is 13.2 Å². The number of fused-ring (bicyclic) bond motifs is 2. The van der Waals surface area contributed by atoms with Crippen molar-refractivity contribution in [2.45, 2.75) is 43.1 Å². The highest BCUT2D eigenvalue weighted by molar-refractivity contribution is 6.06. The maximum Gasteiger partial charge on any atom is 0.253 e. The summed E-state index contributed by atoms with van der Waals surface area (Å²) < 4.78 is 6.84. The van der Waals surface area contributed by atoms with Gasteiger partial charge in [0.2, 0.25) is 11.8 Å². The summed E-state index contributed by atoms with van der Waals surface area (Å²) in [5.41, 5.74) is -0.786. The number of nitrogens with zero attached hydrogens (tertiary/aromatic N) is 3. The fraction of sp³-hybridized carbons (Fsp3) is 0.361. The fourth-order valence-corrected chi connectivity index (χ4v) is 7.85. The molecule has 0 aliphatic carbocycles. The van der Waals surface area contributed by atoms with Crippen LogP contribution in [0.1, 0.15) is 31.4 Å². The van der Waals surface area contributed by atoms with Crippen LogP contribution < -0.4 is 4.90 Å². The minimum absolute atomic E-state index is 0.202. The molecule has 0 aromatic heterocycles. The molecular formula is C36H39N3O5. The molecule has 44 heavy (non-hydrogen) atoms. The highest BCUT2D eigenvalue weighted by Crippen LogP contribution is 2.64. The Morgan fingerprint density at radius 2 is 1.68 bits per heavy atom. The van der Waals surface area contributed by atoms with E-state index in [9.17, 15) is 14.7 Å². The number of likely N-dealkylation sites (tertiary alicyclic amines) is 1. The van der Waals surface area contributed by atoms with Gasteiger partial charge in [-0.2, -0.15) is 0 Å². The molecular weight excluding hydrogens is 554 g/mol. The van der Waals surface area contributed by atoms with E-state index in [4.69, 9.17) is 4.74 Å². The zero-order valence-corrected chi connectivity index (χ0v) is 25.3. The summed E-state index contributed by atoms with van der Waals surface area (Å²) in [5.74, 6) is -2.55. The van der Waals surface area contributed by atoms with E-state index in [0.717, 1.165) is 10.8 Å². The first-order chi connectivity index (χ1) is 21.2. The second-order valence-electron chi connectivity index (χ2n) is 12.4. The van der Waals surface area contributed by atoms with Gasteiger partial charge in [-0.15, -0.1) is 13.2 Å². The van der Waals surface area contributed by atoms with Crippen LogP contribution in [0.4, 0.5) is 5.69 Å². The van der Waals surface area contributed by atoms with Gasteiger partial charge in [-0.3, -0.25) is 14.4 Å². The molecule has 2 bridgehead atoms. The lowest BCUT2D eigenvalue weighted by atomic mass is 9.66. The standard InChI is InChI=1S/C36H39N3O5/c1-5-20-37(4)32(41)29-30-33(42)39(28(23-40)25-13-8-7-9-14-25)31(36(30)19-18-35(29,3)44-36)34(43)38(21-6-2)27-17-16-24-12-10-11-15-26(24)22-27/h5-17,22,28-31,40H,1-2,18-21,23H2,3-4H3/t28-,29+,30+,31?,35-,36?/m1/s1. The Kier molecular flexibility index (Phi) is 7.68. The highest BCUT2D eigenvalue weighted by atomic mass is 16.5. The molecule has 3 saturated heterocycles. The van der Waals surface area contributed by atoms with E-state index in [0.29, 0.717) is 30.6 Å². The Labute approximate surface area is 258 Å². The van der Waals surface area contributed by atoms with Crippen LogP contribution in [0.2, 0.25) is 0 Å². The van der Waals surface area contributed by atoms with Gasteiger partial charge in [0, 0.05) is 25.8 Å². The monoisotopic (exact) mass is 593 g/mol. The van der Waals surface area contributed by atoms with Gasteiger partial charge in [0.15, 0.2) is 0 Å². The van der Waals surface area contributed by atoms with Gasteiger partial charge in [-0.25, -0.2) is 0 Å². The molecule has 8 nitrogen and oxygen atoms in total. The average molecular weight is 594 g/mol. The Morgan fingerprint density at radius 1 is 1.00 bits per heavy atom. The first-order valence-electron chi connectivity index (χ1n) is 15.2. The zero-order valence-electron chi connectivity index (χ0n) is 25.3. The predicted octanol–water partition coefficient (Wildman–Crippen LogP) is 4.50. The largest absolute Gasteiger partial charge is 0.394 e. The van der Waals surface area contributed by atoms with Crippen LogP contribution in [0.25, 0.3) is 10.8 Å². The van der Waals surface area contributed by atoms with E-state index >= 15 is 4.79 Å². The number of hydrogen-bond donors (Lipinski definition) is 1. The molecule has 3 aliphatic rings. The number of likely N-dealkylation sites (N-methyl/N-ethyl adjacent to an activating group) is 1. The quantitative estimate of drug-likeness (QED) is 0.350. The van der Waals surface area contributed by atoms with Gasteiger partial charge < -0.3 is 24.5 Å². The normalized spacial score (nSPS) is 27.7. The number of hydrogen-bond acceptors (Lipinski definition) is 5. The molecule has 3 fully saturated rings. The van der Waals surface area contributed by atoms with Crippen LogP contribution in [0, 0.1) is 11.8 Å². The van der Waals surface area contributed by atoms with Crippen LogP contribution in [0.5, 0.6) is 0 Å². The van der Waals surface area contributed by atoms with Crippen LogP contribution in [-0.4, -0.2) is 76.6 Å². The molecule has 6 atom stereocenters. The molecule has 0 radical (unpaired) electrons. The number of benzene rings is 3. The molecule has 1 N–H and O–H groups in total. The summed E-state index contributed by atoms with van der Waals surface area (Å²) >= 11 is 0. The van der Waals surface area contributed by atoms with Crippen molar-refractivity contribution in [1.82, 2.24) is 9.80 Å². The third kappa shape index (κ3) is 4.47. The molecule has 3 amide bonds. The van der Waals surface area contributed by atoms with E-state index in [1.54, 1.807) is 29.0 Å². The lowest BCUT2D eigenvalue weighted by molar-refractivity contribution is -0.151. The van der Waals surface area contributed by atoms with Crippen molar-refractivity contribution in [1.29, 1.82) is 0 Å². The maximum absolute atomic E-state index is 15.0. The first-order valence-corrected chi connectivity index (χ1v) is 15.2. The second-order valence-corrected chi connectivity index (χ2v) is 12.4.